The molecule has 0 aliphatic heterocycles. The fourth-order valence-corrected chi connectivity index (χ4v) is 3.49. The molecule has 0 saturated carbocycles. The topological polar surface area (TPSA) is 33.0 Å². The van der Waals surface area contributed by atoms with E-state index in [1.807, 2.05) is 24.3 Å². The number of hydrogen-bond acceptors (Lipinski definition) is 2. The van der Waals surface area contributed by atoms with Crippen LogP contribution in [0.3, 0.4) is 0 Å². The molecule has 2 rings (SSSR count). The molecule has 0 atom stereocenters. The molecule has 0 spiro atoms. The number of rotatable bonds is 3. The van der Waals surface area contributed by atoms with Crippen LogP contribution in [0, 0.1) is 14.9 Å². The Balaban J connectivity index is 2.21. The average Bonchev–Trinajstić information content (AvgIpc) is 2.39. The third kappa shape index (κ3) is 3.71. The Morgan fingerprint density at radius 3 is 2.37 bits per heavy atom. The van der Waals surface area contributed by atoms with Gasteiger partial charge >= 0.3 is 0 Å². The SMILES string of the molecule is N#Cc1cc(Br)c(OCc2ccccc2I)c(Br)c1. The summed E-state index contributed by atoms with van der Waals surface area (Å²) < 4.78 is 8.53. The van der Waals surface area contributed by atoms with Crippen LogP contribution < -0.4 is 4.74 Å². The molecule has 0 aliphatic rings. The quantitative estimate of drug-likeness (QED) is 0.547. The number of halogens is 3. The molecule has 19 heavy (non-hydrogen) atoms. The third-order valence-electron chi connectivity index (χ3n) is 2.46. The summed E-state index contributed by atoms with van der Waals surface area (Å²) in [4.78, 5) is 0. The highest BCUT2D eigenvalue weighted by atomic mass is 127. The molecule has 0 aliphatic carbocycles. The number of hydrogen-bond donors (Lipinski definition) is 0. The van der Waals surface area contributed by atoms with Gasteiger partial charge < -0.3 is 4.74 Å². The lowest BCUT2D eigenvalue weighted by molar-refractivity contribution is 0.301. The fraction of sp³-hybridized carbons (Fsp3) is 0.0714. The largest absolute Gasteiger partial charge is 0.486 e. The Morgan fingerprint density at radius 1 is 1.16 bits per heavy atom. The Kier molecular flexibility index (Phi) is 5.25. The van der Waals surface area contributed by atoms with Crippen molar-refractivity contribution in [2.75, 3.05) is 0 Å². The van der Waals surface area contributed by atoms with Crippen LogP contribution in [0.25, 0.3) is 0 Å². The van der Waals surface area contributed by atoms with E-state index in [1.54, 1.807) is 12.1 Å². The van der Waals surface area contributed by atoms with Crippen molar-refractivity contribution in [2.24, 2.45) is 0 Å². The molecule has 0 bridgehead atoms. The molecule has 0 unspecified atom stereocenters. The van der Waals surface area contributed by atoms with E-state index in [0.717, 1.165) is 14.5 Å². The van der Waals surface area contributed by atoms with Crippen LogP contribution in [0.5, 0.6) is 5.75 Å². The summed E-state index contributed by atoms with van der Waals surface area (Å²) in [5, 5.41) is 8.89. The molecule has 2 aromatic carbocycles. The van der Waals surface area contributed by atoms with Gasteiger partial charge in [-0.3, -0.25) is 0 Å². The number of nitrogens with zero attached hydrogens (tertiary/aromatic N) is 1. The van der Waals surface area contributed by atoms with Gasteiger partial charge in [-0.1, -0.05) is 18.2 Å². The number of ether oxygens (including phenoxy) is 1. The molecule has 0 radical (unpaired) electrons. The predicted octanol–water partition coefficient (Wildman–Crippen LogP) is 5.27. The lowest BCUT2D eigenvalue weighted by Gasteiger charge is -2.11. The summed E-state index contributed by atoms with van der Waals surface area (Å²) in [5.41, 5.74) is 1.71. The average molecular weight is 493 g/mol. The van der Waals surface area contributed by atoms with Crippen molar-refractivity contribution in [2.45, 2.75) is 6.61 Å². The first-order chi connectivity index (χ1) is 9.11. The third-order valence-corrected chi connectivity index (χ3v) is 4.69. The highest BCUT2D eigenvalue weighted by Crippen LogP contribution is 2.35. The summed E-state index contributed by atoms with van der Waals surface area (Å²) in [5.74, 6) is 0.707. The highest BCUT2D eigenvalue weighted by Gasteiger charge is 2.10. The van der Waals surface area contributed by atoms with E-state index >= 15 is 0 Å². The van der Waals surface area contributed by atoms with Gasteiger partial charge in [0.2, 0.25) is 0 Å². The molecule has 2 aromatic rings. The van der Waals surface area contributed by atoms with Crippen LogP contribution in [0.2, 0.25) is 0 Å². The minimum atomic E-state index is 0.488. The van der Waals surface area contributed by atoms with Gasteiger partial charge in [-0.25, -0.2) is 0 Å². The molecule has 0 amide bonds. The van der Waals surface area contributed by atoms with Crippen molar-refractivity contribution in [3.05, 3.63) is 60.0 Å². The zero-order valence-corrected chi connectivity index (χ0v) is 15.0. The van der Waals surface area contributed by atoms with Gasteiger partial charge in [0, 0.05) is 9.13 Å². The van der Waals surface area contributed by atoms with Crippen LogP contribution in [-0.2, 0) is 6.61 Å². The predicted molar refractivity (Wildman–Crippen MR) is 90.0 cm³/mol. The van der Waals surface area contributed by atoms with Gasteiger partial charge in [-0.05, 0) is 72.6 Å². The van der Waals surface area contributed by atoms with E-state index in [0.29, 0.717) is 17.9 Å². The summed E-state index contributed by atoms with van der Waals surface area (Å²) in [6.45, 7) is 0.488. The van der Waals surface area contributed by atoms with E-state index in [4.69, 9.17) is 10.00 Å². The molecular weight excluding hydrogens is 485 g/mol. The van der Waals surface area contributed by atoms with Gasteiger partial charge in [0.05, 0.1) is 20.6 Å². The smallest absolute Gasteiger partial charge is 0.148 e. The second-order valence-electron chi connectivity index (χ2n) is 3.76. The first kappa shape index (κ1) is 14.8. The molecule has 0 saturated heterocycles. The van der Waals surface area contributed by atoms with Gasteiger partial charge in [0.15, 0.2) is 0 Å². The van der Waals surface area contributed by atoms with Crippen LogP contribution in [0.1, 0.15) is 11.1 Å². The monoisotopic (exact) mass is 491 g/mol. The number of benzene rings is 2. The minimum Gasteiger partial charge on any atom is -0.486 e. The number of nitriles is 1. The van der Waals surface area contributed by atoms with Crippen molar-refractivity contribution in [1.82, 2.24) is 0 Å². The molecule has 0 heterocycles. The van der Waals surface area contributed by atoms with Gasteiger partial charge in [0.25, 0.3) is 0 Å². The normalized spacial score (nSPS) is 10.0. The standard InChI is InChI=1S/C14H8Br2INO/c15-11-5-9(7-18)6-12(16)14(11)19-8-10-3-1-2-4-13(10)17/h1-6H,8H2. The van der Waals surface area contributed by atoms with E-state index in [1.165, 1.54) is 3.57 Å². The minimum absolute atomic E-state index is 0.488. The first-order valence-corrected chi connectivity index (χ1v) is 8.03. The van der Waals surface area contributed by atoms with Crippen molar-refractivity contribution in [3.8, 4) is 11.8 Å². The van der Waals surface area contributed by atoms with E-state index in [2.05, 4.69) is 60.5 Å². The summed E-state index contributed by atoms with van der Waals surface area (Å²) in [6.07, 6.45) is 0. The van der Waals surface area contributed by atoms with Crippen LogP contribution in [0.15, 0.2) is 45.3 Å². The first-order valence-electron chi connectivity index (χ1n) is 5.37. The summed E-state index contributed by atoms with van der Waals surface area (Å²) in [6, 6.07) is 13.7. The van der Waals surface area contributed by atoms with Gasteiger partial charge in [-0.15, -0.1) is 0 Å². The summed E-state index contributed by atoms with van der Waals surface area (Å²) in [7, 11) is 0. The maximum Gasteiger partial charge on any atom is 0.148 e. The molecule has 0 aromatic heterocycles. The Bertz CT molecular complexity index is 629. The maximum atomic E-state index is 8.89. The maximum absolute atomic E-state index is 8.89. The lowest BCUT2D eigenvalue weighted by Crippen LogP contribution is -1.99. The molecule has 0 fully saturated rings. The van der Waals surface area contributed by atoms with Crippen molar-refractivity contribution in [3.63, 3.8) is 0 Å². The van der Waals surface area contributed by atoms with Crippen molar-refractivity contribution in [1.29, 1.82) is 5.26 Å². The van der Waals surface area contributed by atoms with Crippen molar-refractivity contribution >= 4 is 54.5 Å². The van der Waals surface area contributed by atoms with Gasteiger partial charge in [-0.2, -0.15) is 5.26 Å². The van der Waals surface area contributed by atoms with E-state index < -0.39 is 0 Å². The van der Waals surface area contributed by atoms with Crippen LogP contribution in [0.4, 0.5) is 0 Å². The zero-order chi connectivity index (χ0) is 13.8. The molecule has 0 N–H and O–H groups in total. The van der Waals surface area contributed by atoms with E-state index in [-0.39, 0.29) is 0 Å². The second-order valence-corrected chi connectivity index (χ2v) is 6.63. The Morgan fingerprint density at radius 2 is 1.79 bits per heavy atom. The Labute approximate surface area is 142 Å². The molecule has 5 heteroatoms. The van der Waals surface area contributed by atoms with Crippen LogP contribution in [-0.4, -0.2) is 0 Å². The molecule has 96 valence electrons. The van der Waals surface area contributed by atoms with Crippen molar-refractivity contribution < 1.29 is 4.74 Å². The van der Waals surface area contributed by atoms with Gasteiger partial charge in [0.1, 0.15) is 12.4 Å². The van der Waals surface area contributed by atoms with E-state index in [9.17, 15) is 0 Å². The summed E-state index contributed by atoms with van der Waals surface area (Å²) >= 11 is 9.13. The lowest BCUT2D eigenvalue weighted by atomic mass is 10.2. The second kappa shape index (κ2) is 6.73. The van der Waals surface area contributed by atoms with Crippen LogP contribution >= 0.6 is 54.5 Å². The molecular formula is C14H8Br2INO. The Hall–Kier alpha value is -0.580. The fourth-order valence-electron chi connectivity index (χ4n) is 1.53. The molecule has 2 nitrogen and oxygen atoms in total. The highest BCUT2D eigenvalue weighted by molar-refractivity contribution is 14.1. The zero-order valence-electron chi connectivity index (χ0n) is 9.66.